The van der Waals surface area contributed by atoms with Crippen molar-refractivity contribution < 1.29 is 27.8 Å². The second-order valence-electron chi connectivity index (χ2n) is 5.47. The standard InChI is InChI=1S/C13H19NO6S/c1-8-10(12(16)17)11(9(2)20-8)21(18,19)14-13(7-15)5-3-4-6-13/h14-15H,3-7H2,1-2H3,(H,16,17). The van der Waals surface area contributed by atoms with E-state index >= 15 is 0 Å². The lowest BCUT2D eigenvalue weighted by Gasteiger charge is -2.27. The maximum absolute atomic E-state index is 12.6. The lowest BCUT2D eigenvalue weighted by molar-refractivity contribution is 0.0691. The minimum absolute atomic E-state index is 0.0310. The first-order valence-electron chi connectivity index (χ1n) is 6.70. The molecule has 1 aliphatic carbocycles. The summed E-state index contributed by atoms with van der Waals surface area (Å²) in [5, 5.41) is 18.7. The van der Waals surface area contributed by atoms with Crippen LogP contribution in [0.4, 0.5) is 0 Å². The van der Waals surface area contributed by atoms with Gasteiger partial charge in [0, 0.05) is 0 Å². The predicted octanol–water partition coefficient (Wildman–Crippen LogP) is 1.18. The highest BCUT2D eigenvalue weighted by Crippen LogP contribution is 2.33. The summed E-state index contributed by atoms with van der Waals surface area (Å²) in [5.74, 6) is -1.28. The molecule has 7 nitrogen and oxygen atoms in total. The summed E-state index contributed by atoms with van der Waals surface area (Å²) < 4.78 is 32.8. The maximum Gasteiger partial charge on any atom is 0.340 e. The Bertz CT molecular complexity index is 654. The zero-order valence-corrected chi connectivity index (χ0v) is 12.8. The van der Waals surface area contributed by atoms with Crippen LogP contribution in [0.15, 0.2) is 9.31 Å². The van der Waals surface area contributed by atoms with Gasteiger partial charge in [0.2, 0.25) is 10.0 Å². The van der Waals surface area contributed by atoms with E-state index in [1.807, 2.05) is 0 Å². The molecule has 0 bridgehead atoms. The number of rotatable bonds is 5. The highest BCUT2D eigenvalue weighted by Gasteiger charge is 2.40. The number of hydrogen-bond acceptors (Lipinski definition) is 5. The molecule has 21 heavy (non-hydrogen) atoms. The van der Waals surface area contributed by atoms with Gasteiger partial charge in [-0.25, -0.2) is 17.9 Å². The fourth-order valence-electron chi connectivity index (χ4n) is 2.91. The number of carbonyl (C=O) groups is 1. The number of carboxylic acid groups (broad SMARTS) is 1. The second-order valence-corrected chi connectivity index (χ2v) is 7.09. The van der Waals surface area contributed by atoms with Crippen LogP contribution in [0.1, 0.15) is 47.6 Å². The van der Waals surface area contributed by atoms with Crippen LogP contribution in [0.2, 0.25) is 0 Å². The molecule has 0 amide bonds. The number of aromatic carboxylic acids is 1. The molecule has 1 aromatic rings. The van der Waals surface area contributed by atoms with Gasteiger partial charge in [0.05, 0.1) is 12.1 Å². The number of sulfonamides is 1. The van der Waals surface area contributed by atoms with E-state index in [0.29, 0.717) is 12.8 Å². The molecule has 2 rings (SSSR count). The molecule has 0 saturated heterocycles. The van der Waals surface area contributed by atoms with Crippen LogP contribution in [-0.2, 0) is 10.0 Å². The van der Waals surface area contributed by atoms with E-state index in [0.717, 1.165) is 12.8 Å². The molecular formula is C13H19NO6S. The minimum Gasteiger partial charge on any atom is -0.478 e. The average Bonchev–Trinajstić information content (AvgIpc) is 2.94. The lowest BCUT2D eigenvalue weighted by Crippen LogP contribution is -2.49. The van der Waals surface area contributed by atoms with Gasteiger partial charge in [-0.3, -0.25) is 0 Å². The highest BCUT2D eigenvalue weighted by atomic mass is 32.2. The fraction of sp³-hybridized carbons (Fsp3) is 0.615. The van der Waals surface area contributed by atoms with Crippen molar-refractivity contribution in [2.45, 2.75) is 50.0 Å². The number of nitrogens with one attached hydrogen (secondary N) is 1. The van der Waals surface area contributed by atoms with Gasteiger partial charge in [-0.05, 0) is 26.7 Å². The Hall–Kier alpha value is -1.38. The molecule has 1 aliphatic rings. The maximum atomic E-state index is 12.6. The van der Waals surface area contributed by atoms with Crippen molar-refractivity contribution in [1.29, 1.82) is 0 Å². The Labute approximate surface area is 123 Å². The summed E-state index contributed by atoms with van der Waals surface area (Å²) >= 11 is 0. The van der Waals surface area contributed by atoms with E-state index in [9.17, 15) is 23.4 Å². The summed E-state index contributed by atoms with van der Waals surface area (Å²) in [7, 11) is -4.08. The van der Waals surface area contributed by atoms with Crippen LogP contribution >= 0.6 is 0 Å². The lowest BCUT2D eigenvalue weighted by atomic mass is 10.0. The van der Waals surface area contributed by atoms with E-state index in [4.69, 9.17) is 4.42 Å². The van der Waals surface area contributed by atoms with Gasteiger partial charge < -0.3 is 14.6 Å². The Morgan fingerprint density at radius 2 is 1.86 bits per heavy atom. The molecular weight excluding hydrogens is 298 g/mol. The van der Waals surface area contributed by atoms with Crippen LogP contribution < -0.4 is 4.72 Å². The normalized spacial score (nSPS) is 18.0. The molecule has 1 heterocycles. The molecule has 0 aliphatic heterocycles. The Kier molecular flexibility index (Phi) is 4.14. The van der Waals surface area contributed by atoms with E-state index in [2.05, 4.69) is 4.72 Å². The molecule has 0 atom stereocenters. The zero-order valence-electron chi connectivity index (χ0n) is 12.0. The van der Waals surface area contributed by atoms with Crippen molar-refractivity contribution in [1.82, 2.24) is 4.72 Å². The zero-order chi connectivity index (χ0) is 15.8. The summed E-state index contributed by atoms with van der Waals surface area (Å²) in [6, 6.07) is 0. The van der Waals surface area contributed by atoms with Crippen molar-refractivity contribution >= 4 is 16.0 Å². The third-order valence-electron chi connectivity index (χ3n) is 3.90. The molecule has 1 saturated carbocycles. The van der Waals surface area contributed by atoms with Gasteiger partial charge in [-0.1, -0.05) is 12.8 Å². The first-order chi connectivity index (χ1) is 9.72. The second kappa shape index (κ2) is 5.43. The van der Waals surface area contributed by atoms with Crippen LogP contribution in [-0.4, -0.2) is 36.7 Å². The van der Waals surface area contributed by atoms with Crippen molar-refractivity contribution in [3.63, 3.8) is 0 Å². The Morgan fingerprint density at radius 1 is 1.29 bits per heavy atom. The van der Waals surface area contributed by atoms with Crippen LogP contribution in [0.3, 0.4) is 0 Å². The quantitative estimate of drug-likeness (QED) is 0.750. The van der Waals surface area contributed by atoms with Crippen LogP contribution in [0, 0.1) is 13.8 Å². The van der Waals surface area contributed by atoms with Gasteiger partial charge in [-0.2, -0.15) is 0 Å². The third kappa shape index (κ3) is 2.83. The topological polar surface area (TPSA) is 117 Å². The fourth-order valence-corrected chi connectivity index (χ4v) is 4.78. The molecule has 118 valence electrons. The van der Waals surface area contributed by atoms with E-state index in [1.54, 1.807) is 0 Å². The van der Waals surface area contributed by atoms with E-state index in [1.165, 1.54) is 13.8 Å². The smallest absolute Gasteiger partial charge is 0.340 e. The molecule has 8 heteroatoms. The molecule has 3 N–H and O–H groups in total. The molecule has 1 aromatic heterocycles. The first-order valence-corrected chi connectivity index (χ1v) is 8.19. The largest absolute Gasteiger partial charge is 0.478 e. The number of hydrogen-bond donors (Lipinski definition) is 3. The molecule has 0 radical (unpaired) electrons. The molecule has 1 fully saturated rings. The Balaban J connectivity index is 2.48. The van der Waals surface area contributed by atoms with Gasteiger partial charge in [0.25, 0.3) is 0 Å². The van der Waals surface area contributed by atoms with Crippen LogP contribution in [0.5, 0.6) is 0 Å². The first kappa shape index (κ1) is 16.0. The average molecular weight is 317 g/mol. The molecule has 0 spiro atoms. The van der Waals surface area contributed by atoms with Crippen molar-refractivity contribution in [3.05, 3.63) is 17.1 Å². The van der Waals surface area contributed by atoms with Gasteiger partial charge >= 0.3 is 5.97 Å². The van der Waals surface area contributed by atoms with Gasteiger partial charge in [-0.15, -0.1) is 0 Å². The Morgan fingerprint density at radius 3 is 2.33 bits per heavy atom. The highest BCUT2D eigenvalue weighted by molar-refractivity contribution is 7.89. The van der Waals surface area contributed by atoms with Crippen molar-refractivity contribution in [2.75, 3.05) is 6.61 Å². The molecule has 0 aromatic carbocycles. The van der Waals surface area contributed by atoms with Crippen LogP contribution in [0.25, 0.3) is 0 Å². The SMILES string of the molecule is Cc1oc(C)c(S(=O)(=O)NC2(CO)CCCC2)c1C(=O)O. The van der Waals surface area contributed by atoms with Gasteiger partial charge in [0.15, 0.2) is 0 Å². The van der Waals surface area contributed by atoms with E-state index in [-0.39, 0.29) is 28.6 Å². The minimum atomic E-state index is -4.08. The van der Waals surface area contributed by atoms with Crippen molar-refractivity contribution in [2.24, 2.45) is 0 Å². The third-order valence-corrected chi connectivity index (χ3v) is 5.63. The summed E-state index contributed by atoms with van der Waals surface area (Å²) in [5.41, 5.74) is -1.27. The summed E-state index contributed by atoms with van der Waals surface area (Å²) in [6.07, 6.45) is 2.69. The van der Waals surface area contributed by atoms with E-state index < -0.39 is 21.5 Å². The van der Waals surface area contributed by atoms with Gasteiger partial charge in [0.1, 0.15) is 22.0 Å². The monoisotopic (exact) mass is 317 g/mol. The van der Waals surface area contributed by atoms with Crippen molar-refractivity contribution in [3.8, 4) is 0 Å². The number of aryl methyl sites for hydroxylation is 2. The predicted molar refractivity (Wildman–Crippen MR) is 73.7 cm³/mol. The number of furan rings is 1. The number of carboxylic acids is 1. The molecule has 0 unspecified atom stereocenters. The summed E-state index contributed by atoms with van der Waals surface area (Å²) in [6.45, 7) is 2.51. The summed E-state index contributed by atoms with van der Waals surface area (Å²) in [4.78, 5) is 10.9. The number of aliphatic hydroxyl groups is 1. The number of aliphatic hydroxyl groups excluding tert-OH is 1.